The molecule has 1 aromatic carbocycles. The van der Waals surface area contributed by atoms with Crippen LogP contribution < -0.4 is 10.6 Å². The van der Waals surface area contributed by atoms with E-state index in [4.69, 9.17) is 28.9 Å². The van der Waals surface area contributed by atoms with Crippen molar-refractivity contribution in [2.45, 2.75) is 11.8 Å². The number of nitrogens with two attached hydrogens (primary N) is 1. The Morgan fingerprint density at radius 1 is 1.18 bits per heavy atom. The largest absolute Gasteiger partial charge is 0.382 e. The van der Waals surface area contributed by atoms with Crippen LogP contribution in [0.25, 0.3) is 0 Å². The Morgan fingerprint density at radius 3 is 2.41 bits per heavy atom. The molecule has 0 aliphatic heterocycles. The van der Waals surface area contributed by atoms with Crippen LogP contribution in [0.15, 0.2) is 34.3 Å². The van der Waals surface area contributed by atoms with Crippen LogP contribution in [0.1, 0.15) is 11.3 Å². The molecule has 10 heteroatoms. The summed E-state index contributed by atoms with van der Waals surface area (Å²) >= 11 is 11.3. The van der Waals surface area contributed by atoms with Crippen molar-refractivity contribution in [3.05, 3.63) is 45.8 Å². The van der Waals surface area contributed by atoms with Crippen molar-refractivity contribution in [2.75, 3.05) is 5.73 Å². The van der Waals surface area contributed by atoms with Crippen molar-refractivity contribution in [2.24, 2.45) is 5.10 Å². The van der Waals surface area contributed by atoms with Crippen LogP contribution >= 0.6 is 23.2 Å². The minimum atomic E-state index is -3.77. The van der Waals surface area contributed by atoms with Crippen molar-refractivity contribution in [1.82, 2.24) is 14.8 Å². The van der Waals surface area contributed by atoms with Crippen molar-refractivity contribution in [3.8, 4) is 0 Å². The molecule has 0 radical (unpaired) electrons. The highest BCUT2D eigenvalue weighted by Crippen LogP contribution is 2.19. The maximum atomic E-state index is 12.0. The lowest BCUT2D eigenvalue weighted by atomic mass is 10.2. The highest BCUT2D eigenvalue weighted by Gasteiger charge is 2.12. The molecule has 3 N–H and O–H groups in total. The minimum Gasteiger partial charge on any atom is -0.382 e. The molecule has 0 spiro atoms. The van der Waals surface area contributed by atoms with E-state index in [0.717, 1.165) is 11.8 Å². The zero-order valence-electron chi connectivity index (χ0n) is 11.3. The smallest absolute Gasteiger partial charge is 0.276 e. The molecule has 0 amide bonds. The molecule has 0 aliphatic carbocycles. The van der Waals surface area contributed by atoms with Gasteiger partial charge in [-0.15, -0.1) is 0 Å². The Morgan fingerprint density at radius 2 is 1.77 bits per heavy atom. The molecule has 2 rings (SSSR count). The summed E-state index contributed by atoms with van der Waals surface area (Å²) in [5.41, 5.74) is 6.63. The lowest BCUT2D eigenvalue weighted by Crippen LogP contribution is -2.18. The summed E-state index contributed by atoms with van der Waals surface area (Å²) in [7, 11) is -3.77. The Kier molecular flexibility index (Phi) is 4.84. The maximum Gasteiger partial charge on any atom is 0.276 e. The van der Waals surface area contributed by atoms with Gasteiger partial charge in [0.25, 0.3) is 10.0 Å². The number of aryl methyl sites for hydroxylation is 1. The van der Waals surface area contributed by atoms with E-state index in [-0.39, 0.29) is 26.7 Å². The molecule has 0 saturated heterocycles. The molecule has 116 valence electrons. The van der Waals surface area contributed by atoms with E-state index in [1.54, 1.807) is 12.1 Å². The van der Waals surface area contributed by atoms with E-state index in [1.807, 2.05) is 11.8 Å². The quantitative estimate of drug-likeness (QED) is 0.640. The van der Waals surface area contributed by atoms with Crippen LogP contribution in [0, 0.1) is 6.92 Å². The lowest BCUT2D eigenvalue weighted by molar-refractivity contribution is 0.584. The van der Waals surface area contributed by atoms with Crippen molar-refractivity contribution >= 4 is 45.3 Å². The van der Waals surface area contributed by atoms with Gasteiger partial charge in [-0.25, -0.2) is 14.8 Å². The van der Waals surface area contributed by atoms with E-state index in [0.29, 0.717) is 0 Å². The number of hydrogen-bond donors (Lipinski definition) is 2. The first-order chi connectivity index (χ1) is 10.3. The first kappa shape index (κ1) is 16.5. The molecular weight excluding hydrogens is 349 g/mol. The lowest BCUT2D eigenvalue weighted by Gasteiger charge is -2.04. The average molecular weight is 360 g/mol. The number of sulfonamides is 1. The van der Waals surface area contributed by atoms with Gasteiger partial charge in [-0.2, -0.15) is 13.5 Å². The third kappa shape index (κ3) is 3.85. The highest BCUT2D eigenvalue weighted by molar-refractivity contribution is 7.89. The fourth-order valence-electron chi connectivity index (χ4n) is 1.44. The molecule has 0 bridgehead atoms. The van der Waals surface area contributed by atoms with Gasteiger partial charge in [0.1, 0.15) is 5.69 Å². The SMILES string of the molecule is Cc1ccc(S(=O)(=O)NN=Cc2nc(Cl)c(Cl)nc2N)cc1. The van der Waals surface area contributed by atoms with Crippen LogP contribution in [0.4, 0.5) is 5.82 Å². The van der Waals surface area contributed by atoms with Gasteiger partial charge < -0.3 is 5.73 Å². The van der Waals surface area contributed by atoms with Crippen LogP contribution in [0.2, 0.25) is 10.3 Å². The number of halogens is 2. The van der Waals surface area contributed by atoms with Gasteiger partial charge in [0.05, 0.1) is 11.1 Å². The maximum absolute atomic E-state index is 12.0. The van der Waals surface area contributed by atoms with E-state index in [2.05, 4.69) is 15.1 Å². The second kappa shape index (κ2) is 6.47. The molecule has 0 saturated carbocycles. The number of hydrazone groups is 1. The van der Waals surface area contributed by atoms with Gasteiger partial charge in [-0.3, -0.25) is 0 Å². The third-order valence-corrected chi connectivity index (χ3v) is 4.42. The summed E-state index contributed by atoms with van der Waals surface area (Å²) in [5.74, 6) is -0.0207. The van der Waals surface area contributed by atoms with E-state index >= 15 is 0 Å². The summed E-state index contributed by atoms with van der Waals surface area (Å²) in [6.07, 6.45) is 1.09. The van der Waals surface area contributed by atoms with Gasteiger partial charge in [-0.1, -0.05) is 40.9 Å². The zero-order valence-corrected chi connectivity index (χ0v) is 13.6. The zero-order chi connectivity index (χ0) is 16.3. The second-order valence-electron chi connectivity index (χ2n) is 4.24. The molecule has 0 atom stereocenters. The van der Waals surface area contributed by atoms with Crippen LogP contribution in [-0.4, -0.2) is 24.6 Å². The second-order valence-corrected chi connectivity index (χ2v) is 6.62. The molecule has 0 aliphatic rings. The summed E-state index contributed by atoms with van der Waals surface area (Å²) in [4.78, 5) is 9.71. The molecule has 0 fully saturated rings. The predicted octanol–water partition coefficient (Wildman–Crippen LogP) is 1.99. The summed E-state index contributed by atoms with van der Waals surface area (Å²) in [5, 5.41) is 3.49. The third-order valence-electron chi connectivity index (χ3n) is 2.56. The molecule has 0 unspecified atom stereocenters. The van der Waals surface area contributed by atoms with Crippen LogP contribution in [-0.2, 0) is 10.0 Å². The summed E-state index contributed by atoms with van der Waals surface area (Å²) < 4.78 is 24.0. The fraction of sp³-hybridized carbons (Fsp3) is 0.0833. The van der Waals surface area contributed by atoms with Crippen molar-refractivity contribution < 1.29 is 8.42 Å². The van der Waals surface area contributed by atoms with Crippen molar-refractivity contribution in [3.63, 3.8) is 0 Å². The minimum absolute atomic E-state index is 0.0207. The van der Waals surface area contributed by atoms with Crippen molar-refractivity contribution in [1.29, 1.82) is 0 Å². The monoisotopic (exact) mass is 359 g/mol. The summed E-state index contributed by atoms with van der Waals surface area (Å²) in [6, 6.07) is 6.31. The molecule has 1 heterocycles. The van der Waals surface area contributed by atoms with Gasteiger partial charge in [0.15, 0.2) is 16.1 Å². The summed E-state index contributed by atoms with van der Waals surface area (Å²) in [6.45, 7) is 1.85. The average Bonchev–Trinajstić information content (AvgIpc) is 2.44. The number of rotatable bonds is 4. The van der Waals surface area contributed by atoms with Crippen LogP contribution in [0.5, 0.6) is 0 Å². The predicted molar refractivity (Wildman–Crippen MR) is 85.6 cm³/mol. The van der Waals surface area contributed by atoms with Gasteiger partial charge in [0, 0.05) is 0 Å². The van der Waals surface area contributed by atoms with E-state index < -0.39 is 10.0 Å². The first-order valence-corrected chi connectivity index (χ1v) is 8.13. The molecule has 7 nitrogen and oxygen atoms in total. The molecule has 1 aromatic heterocycles. The fourth-order valence-corrected chi connectivity index (χ4v) is 2.50. The number of aromatic nitrogens is 2. The number of nitrogen functional groups attached to an aromatic ring is 1. The number of nitrogens with zero attached hydrogens (tertiary/aromatic N) is 3. The number of hydrogen-bond acceptors (Lipinski definition) is 6. The van der Waals surface area contributed by atoms with Crippen LogP contribution in [0.3, 0.4) is 0 Å². The van der Waals surface area contributed by atoms with E-state index in [9.17, 15) is 8.42 Å². The normalized spacial score (nSPS) is 11.8. The highest BCUT2D eigenvalue weighted by atomic mass is 35.5. The number of nitrogens with one attached hydrogen (secondary N) is 1. The molecular formula is C12H11Cl2N5O2S. The standard InChI is InChI=1S/C12H11Cl2N5O2S/c1-7-2-4-8(5-3-7)22(20,21)19-16-6-9-12(15)18-11(14)10(13)17-9/h2-6,19H,1H3,(H2,15,18). The Labute approximate surface area is 137 Å². The Hall–Kier alpha value is -1.90. The van der Waals surface area contributed by atoms with Gasteiger partial charge >= 0.3 is 0 Å². The Balaban J connectivity index is 2.18. The molecule has 2 aromatic rings. The van der Waals surface area contributed by atoms with Gasteiger partial charge in [-0.05, 0) is 19.1 Å². The van der Waals surface area contributed by atoms with Gasteiger partial charge in [0.2, 0.25) is 0 Å². The first-order valence-electron chi connectivity index (χ1n) is 5.89. The number of anilines is 1. The van der Waals surface area contributed by atoms with E-state index in [1.165, 1.54) is 12.1 Å². The number of benzene rings is 1. The molecule has 22 heavy (non-hydrogen) atoms. The topological polar surface area (TPSA) is 110 Å². The Bertz CT molecular complexity index is 822.